The Morgan fingerprint density at radius 1 is 1.00 bits per heavy atom. The second kappa shape index (κ2) is 7.15. The van der Waals surface area contributed by atoms with E-state index in [1.165, 1.54) is 0 Å². The molecule has 6 nitrogen and oxygen atoms in total. The summed E-state index contributed by atoms with van der Waals surface area (Å²) in [5, 5.41) is 2.88. The Balaban J connectivity index is 1.47. The lowest BCUT2D eigenvalue weighted by Crippen LogP contribution is -2.42. The molecule has 1 N–H and O–H groups in total. The standard InChI is InChI=1S/C22H19N3O3/c1-22(2,28-17-7-4-3-5-8-17)21(26)24-16-12-10-15(11-13-16)20-25-19-18(27-20)9-6-14-23-19/h3-14H,1-2H3,(H,24,26). The van der Waals surface area contributed by atoms with Crippen molar-refractivity contribution >= 4 is 22.8 Å². The summed E-state index contributed by atoms with van der Waals surface area (Å²) in [6.07, 6.45) is 1.67. The Bertz CT molecular complexity index is 1070. The summed E-state index contributed by atoms with van der Waals surface area (Å²) < 4.78 is 11.5. The number of amides is 1. The Kier molecular flexibility index (Phi) is 4.53. The fourth-order valence-corrected chi connectivity index (χ4v) is 2.70. The third-order valence-electron chi connectivity index (χ3n) is 4.22. The number of oxazole rings is 1. The van der Waals surface area contributed by atoms with Crippen molar-refractivity contribution in [1.29, 1.82) is 0 Å². The number of anilines is 1. The van der Waals surface area contributed by atoms with Crippen molar-refractivity contribution in [3.8, 4) is 17.2 Å². The zero-order valence-corrected chi connectivity index (χ0v) is 15.5. The Labute approximate surface area is 162 Å². The highest BCUT2D eigenvalue weighted by Gasteiger charge is 2.30. The van der Waals surface area contributed by atoms with Gasteiger partial charge in [-0.25, -0.2) is 4.98 Å². The molecule has 0 radical (unpaired) electrons. The third-order valence-corrected chi connectivity index (χ3v) is 4.22. The first kappa shape index (κ1) is 17.7. The van der Waals surface area contributed by atoms with Gasteiger partial charge in [0.2, 0.25) is 5.89 Å². The molecule has 0 aliphatic rings. The van der Waals surface area contributed by atoms with Crippen LogP contribution in [0, 0.1) is 0 Å². The molecule has 0 spiro atoms. The summed E-state index contributed by atoms with van der Waals surface area (Å²) in [6.45, 7) is 3.46. The number of benzene rings is 2. The highest BCUT2D eigenvalue weighted by Crippen LogP contribution is 2.25. The molecule has 0 bridgehead atoms. The lowest BCUT2D eigenvalue weighted by Gasteiger charge is -2.25. The fraction of sp³-hybridized carbons (Fsp3) is 0.136. The quantitative estimate of drug-likeness (QED) is 0.549. The maximum absolute atomic E-state index is 12.6. The molecule has 2 aromatic heterocycles. The van der Waals surface area contributed by atoms with Crippen molar-refractivity contribution in [2.24, 2.45) is 0 Å². The Morgan fingerprint density at radius 2 is 1.75 bits per heavy atom. The smallest absolute Gasteiger partial charge is 0.267 e. The van der Waals surface area contributed by atoms with Crippen LogP contribution in [0.25, 0.3) is 22.7 Å². The van der Waals surface area contributed by atoms with E-state index in [1.54, 1.807) is 38.2 Å². The molecule has 4 aromatic rings. The number of ether oxygens (including phenoxy) is 1. The van der Waals surface area contributed by atoms with Crippen LogP contribution in [0.1, 0.15) is 13.8 Å². The lowest BCUT2D eigenvalue weighted by molar-refractivity contribution is -0.128. The molecule has 28 heavy (non-hydrogen) atoms. The van der Waals surface area contributed by atoms with E-state index in [2.05, 4.69) is 15.3 Å². The van der Waals surface area contributed by atoms with Crippen LogP contribution in [0.4, 0.5) is 5.69 Å². The van der Waals surface area contributed by atoms with Crippen LogP contribution in [-0.2, 0) is 4.79 Å². The molecule has 2 aromatic carbocycles. The van der Waals surface area contributed by atoms with Crippen LogP contribution >= 0.6 is 0 Å². The summed E-state index contributed by atoms with van der Waals surface area (Å²) >= 11 is 0. The predicted octanol–water partition coefficient (Wildman–Crippen LogP) is 4.69. The minimum absolute atomic E-state index is 0.241. The van der Waals surface area contributed by atoms with E-state index in [4.69, 9.17) is 9.15 Å². The normalized spacial score (nSPS) is 11.4. The SMILES string of the molecule is CC(C)(Oc1ccccc1)C(=O)Nc1ccc(-c2nc3ncccc3o2)cc1. The maximum Gasteiger partial charge on any atom is 0.267 e. The van der Waals surface area contributed by atoms with E-state index in [1.807, 2.05) is 48.5 Å². The molecule has 0 aliphatic carbocycles. The molecule has 140 valence electrons. The fourth-order valence-electron chi connectivity index (χ4n) is 2.70. The summed E-state index contributed by atoms with van der Waals surface area (Å²) in [7, 11) is 0. The molecule has 2 heterocycles. The van der Waals surface area contributed by atoms with Gasteiger partial charge in [-0.1, -0.05) is 18.2 Å². The first-order valence-corrected chi connectivity index (χ1v) is 8.89. The largest absolute Gasteiger partial charge is 0.478 e. The van der Waals surface area contributed by atoms with Gasteiger partial charge < -0.3 is 14.5 Å². The van der Waals surface area contributed by atoms with Crippen LogP contribution < -0.4 is 10.1 Å². The zero-order chi connectivity index (χ0) is 19.6. The number of para-hydroxylation sites is 1. The van der Waals surface area contributed by atoms with Gasteiger partial charge in [-0.2, -0.15) is 4.98 Å². The van der Waals surface area contributed by atoms with Gasteiger partial charge in [0.15, 0.2) is 16.8 Å². The van der Waals surface area contributed by atoms with Gasteiger partial charge in [0.05, 0.1) is 0 Å². The van der Waals surface area contributed by atoms with Gasteiger partial charge in [0.1, 0.15) is 5.75 Å². The highest BCUT2D eigenvalue weighted by atomic mass is 16.5. The van der Waals surface area contributed by atoms with Gasteiger partial charge in [0.25, 0.3) is 5.91 Å². The topological polar surface area (TPSA) is 77.2 Å². The summed E-state index contributed by atoms with van der Waals surface area (Å²) in [5.41, 5.74) is 1.64. The number of carbonyl (C=O) groups is 1. The van der Waals surface area contributed by atoms with Crippen molar-refractivity contribution in [3.63, 3.8) is 0 Å². The number of pyridine rings is 1. The lowest BCUT2D eigenvalue weighted by atomic mass is 10.1. The first-order chi connectivity index (χ1) is 13.5. The Hall–Kier alpha value is -3.67. The molecule has 1 amide bonds. The molecule has 0 saturated heterocycles. The predicted molar refractivity (Wildman–Crippen MR) is 107 cm³/mol. The van der Waals surface area contributed by atoms with Crippen LogP contribution in [-0.4, -0.2) is 21.5 Å². The van der Waals surface area contributed by atoms with E-state index >= 15 is 0 Å². The number of nitrogens with zero attached hydrogens (tertiary/aromatic N) is 2. The average Bonchev–Trinajstić information content (AvgIpc) is 3.13. The molecular weight excluding hydrogens is 354 g/mol. The molecule has 0 aliphatic heterocycles. The minimum Gasteiger partial charge on any atom is -0.478 e. The molecule has 6 heteroatoms. The number of rotatable bonds is 5. The van der Waals surface area contributed by atoms with E-state index in [9.17, 15) is 4.79 Å². The highest BCUT2D eigenvalue weighted by molar-refractivity contribution is 5.97. The number of nitrogens with one attached hydrogen (secondary N) is 1. The number of hydrogen-bond acceptors (Lipinski definition) is 5. The number of carbonyl (C=O) groups excluding carboxylic acids is 1. The van der Waals surface area contributed by atoms with Crippen LogP contribution in [0.15, 0.2) is 77.3 Å². The second-order valence-electron chi connectivity index (χ2n) is 6.80. The van der Waals surface area contributed by atoms with Crippen molar-refractivity contribution in [1.82, 2.24) is 9.97 Å². The van der Waals surface area contributed by atoms with Crippen molar-refractivity contribution in [3.05, 3.63) is 72.9 Å². The van der Waals surface area contributed by atoms with Crippen LogP contribution in [0.5, 0.6) is 5.75 Å². The van der Waals surface area contributed by atoms with Gasteiger partial charge in [-0.05, 0) is 62.4 Å². The third kappa shape index (κ3) is 3.71. The summed E-state index contributed by atoms with van der Waals surface area (Å²) in [4.78, 5) is 21.2. The van der Waals surface area contributed by atoms with Crippen molar-refractivity contribution in [2.45, 2.75) is 19.4 Å². The average molecular weight is 373 g/mol. The number of hydrogen-bond donors (Lipinski definition) is 1. The molecule has 0 fully saturated rings. The van der Waals surface area contributed by atoms with Crippen molar-refractivity contribution < 1.29 is 13.9 Å². The molecular formula is C22H19N3O3. The van der Waals surface area contributed by atoms with E-state index in [0.29, 0.717) is 28.6 Å². The molecule has 0 unspecified atom stereocenters. The number of fused-ring (bicyclic) bond motifs is 1. The van der Waals surface area contributed by atoms with E-state index in [-0.39, 0.29) is 5.91 Å². The minimum atomic E-state index is -1.02. The zero-order valence-electron chi connectivity index (χ0n) is 15.5. The molecule has 0 saturated carbocycles. The van der Waals surface area contributed by atoms with Gasteiger partial charge in [0, 0.05) is 17.4 Å². The molecule has 0 atom stereocenters. The van der Waals surface area contributed by atoms with Crippen LogP contribution in [0.2, 0.25) is 0 Å². The summed E-state index contributed by atoms with van der Waals surface area (Å²) in [5.74, 6) is 0.886. The van der Waals surface area contributed by atoms with Gasteiger partial charge in [-0.15, -0.1) is 0 Å². The van der Waals surface area contributed by atoms with E-state index < -0.39 is 5.60 Å². The van der Waals surface area contributed by atoms with E-state index in [0.717, 1.165) is 5.56 Å². The van der Waals surface area contributed by atoms with Crippen molar-refractivity contribution in [2.75, 3.05) is 5.32 Å². The van der Waals surface area contributed by atoms with Gasteiger partial charge in [-0.3, -0.25) is 4.79 Å². The second-order valence-corrected chi connectivity index (χ2v) is 6.80. The monoisotopic (exact) mass is 373 g/mol. The molecule has 4 rings (SSSR count). The summed E-state index contributed by atoms with van der Waals surface area (Å²) in [6, 6.07) is 20.2. The Morgan fingerprint density at radius 3 is 2.46 bits per heavy atom. The van der Waals surface area contributed by atoms with Crippen LogP contribution in [0.3, 0.4) is 0 Å². The maximum atomic E-state index is 12.6. The van der Waals surface area contributed by atoms with Gasteiger partial charge >= 0.3 is 0 Å². The first-order valence-electron chi connectivity index (χ1n) is 8.89. The number of aromatic nitrogens is 2.